The van der Waals surface area contributed by atoms with E-state index in [1.807, 2.05) is 0 Å². The first kappa shape index (κ1) is 14.7. The number of nitrogen functional groups attached to an aromatic ring is 1. The van der Waals surface area contributed by atoms with Crippen LogP contribution in [0, 0.1) is 0 Å². The molecule has 0 saturated carbocycles. The summed E-state index contributed by atoms with van der Waals surface area (Å²) in [6, 6.07) is 2.76. The highest BCUT2D eigenvalue weighted by atomic mass is 35.5. The summed E-state index contributed by atoms with van der Waals surface area (Å²) in [4.78, 5) is 15.5. The van der Waals surface area contributed by atoms with Gasteiger partial charge in [0, 0.05) is 18.4 Å². The Labute approximate surface area is 110 Å². The van der Waals surface area contributed by atoms with Crippen LogP contribution in [-0.4, -0.2) is 37.9 Å². The highest BCUT2D eigenvalue weighted by Crippen LogP contribution is 2.13. The number of hydrazine groups is 1. The molecule has 0 aliphatic carbocycles. The number of rotatable bonds is 5. The van der Waals surface area contributed by atoms with Crippen LogP contribution in [0.15, 0.2) is 12.1 Å². The van der Waals surface area contributed by atoms with Crippen molar-refractivity contribution in [3.8, 4) is 0 Å². The summed E-state index contributed by atoms with van der Waals surface area (Å²) >= 11 is 5.70. The Hall–Kier alpha value is -1.38. The Morgan fingerprint density at radius 3 is 2.72 bits per heavy atom. The molecule has 0 unspecified atom stereocenters. The Bertz CT molecular complexity index is 547. The van der Waals surface area contributed by atoms with E-state index < -0.39 is 15.7 Å². The molecule has 1 rings (SSSR count). The van der Waals surface area contributed by atoms with Crippen molar-refractivity contribution in [2.24, 2.45) is 5.84 Å². The number of carbonyl (C=O) groups excluding carboxylic acids is 1. The minimum absolute atomic E-state index is 0.0307. The second-order valence-corrected chi connectivity index (χ2v) is 6.24. The van der Waals surface area contributed by atoms with Crippen LogP contribution in [0.5, 0.6) is 0 Å². The number of pyridine rings is 1. The first-order valence-corrected chi connectivity index (χ1v) is 7.36. The van der Waals surface area contributed by atoms with Crippen molar-refractivity contribution in [1.29, 1.82) is 0 Å². The van der Waals surface area contributed by atoms with E-state index >= 15 is 0 Å². The number of sulfone groups is 1. The number of nitrogens with zero attached hydrogens (tertiary/aromatic N) is 1. The summed E-state index contributed by atoms with van der Waals surface area (Å²) in [6.45, 7) is 0.0307. The average Bonchev–Trinajstić information content (AvgIpc) is 2.26. The van der Waals surface area contributed by atoms with Gasteiger partial charge in [-0.05, 0) is 12.1 Å². The minimum Gasteiger partial charge on any atom is -0.351 e. The molecule has 1 aromatic rings. The fourth-order valence-corrected chi connectivity index (χ4v) is 1.84. The third-order valence-electron chi connectivity index (χ3n) is 1.96. The van der Waals surface area contributed by atoms with Crippen molar-refractivity contribution in [2.75, 3.05) is 24.0 Å². The van der Waals surface area contributed by atoms with Crippen LogP contribution in [0.1, 0.15) is 10.4 Å². The fourth-order valence-electron chi connectivity index (χ4n) is 1.15. The molecular weight excluding hydrogens is 280 g/mol. The molecule has 0 spiro atoms. The Balaban J connectivity index is 2.69. The van der Waals surface area contributed by atoms with E-state index in [0.29, 0.717) is 0 Å². The number of amides is 1. The monoisotopic (exact) mass is 292 g/mol. The standard InChI is InChI=1S/C9H13ClN4O3S/c1-18(16,17)3-2-12-9(15)6-4-7(10)13-8(5-6)14-11/h4-5H,2-3,11H2,1H3,(H,12,15)(H,13,14). The maximum atomic E-state index is 11.7. The number of halogens is 1. The zero-order valence-electron chi connectivity index (χ0n) is 9.60. The Morgan fingerprint density at radius 1 is 1.50 bits per heavy atom. The van der Waals surface area contributed by atoms with Crippen molar-refractivity contribution < 1.29 is 13.2 Å². The molecule has 1 heterocycles. The normalized spacial score (nSPS) is 11.1. The maximum Gasteiger partial charge on any atom is 0.251 e. The maximum absolute atomic E-state index is 11.7. The van der Waals surface area contributed by atoms with Crippen LogP contribution in [0.25, 0.3) is 0 Å². The molecule has 18 heavy (non-hydrogen) atoms. The molecule has 4 N–H and O–H groups in total. The molecule has 7 nitrogen and oxygen atoms in total. The van der Waals surface area contributed by atoms with Gasteiger partial charge in [-0.2, -0.15) is 0 Å². The number of nitrogens with two attached hydrogens (primary N) is 1. The smallest absolute Gasteiger partial charge is 0.251 e. The van der Waals surface area contributed by atoms with Crippen LogP contribution < -0.4 is 16.6 Å². The molecule has 100 valence electrons. The molecule has 0 aliphatic rings. The lowest BCUT2D eigenvalue weighted by molar-refractivity contribution is 0.0956. The third-order valence-corrected chi connectivity index (χ3v) is 3.10. The second kappa shape index (κ2) is 5.98. The fraction of sp³-hybridized carbons (Fsp3) is 0.333. The SMILES string of the molecule is CS(=O)(=O)CCNC(=O)c1cc(Cl)nc(NN)c1. The number of anilines is 1. The van der Waals surface area contributed by atoms with E-state index in [4.69, 9.17) is 17.4 Å². The van der Waals surface area contributed by atoms with Crippen LogP contribution in [0.3, 0.4) is 0 Å². The molecule has 0 bridgehead atoms. The van der Waals surface area contributed by atoms with Gasteiger partial charge < -0.3 is 10.7 Å². The van der Waals surface area contributed by atoms with Crippen molar-refractivity contribution >= 4 is 33.2 Å². The Morgan fingerprint density at radius 2 is 2.17 bits per heavy atom. The van der Waals surface area contributed by atoms with Crippen molar-refractivity contribution in [1.82, 2.24) is 10.3 Å². The summed E-state index contributed by atoms with van der Waals surface area (Å²) in [6.07, 6.45) is 1.10. The quantitative estimate of drug-likeness (QED) is 0.393. The molecule has 0 aromatic carbocycles. The van der Waals surface area contributed by atoms with Gasteiger partial charge in [0.05, 0.1) is 5.75 Å². The van der Waals surface area contributed by atoms with Crippen LogP contribution in [-0.2, 0) is 9.84 Å². The molecule has 1 aromatic heterocycles. The Kier molecular flexibility index (Phi) is 4.88. The first-order chi connectivity index (χ1) is 8.31. The molecule has 0 fully saturated rings. The molecule has 9 heteroatoms. The van der Waals surface area contributed by atoms with Crippen molar-refractivity contribution in [2.45, 2.75) is 0 Å². The highest BCUT2D eigenvalue weighted by Gasteiger charge is 2.10. The molecule has 1 amide bonds. The zero-order chi connectivity index (χ0) is 13.8. The minimum atomic E-state index is -3.11. The van der Waals surface area contributed by atoms with Crippen molar-refractivity contribution in [3.05, 3.63) is 22.8 Å². The van der Waals surface area contributed by atoms with Crippen molar-refractivity contribution in [3.63, 3.8) is 0 Å². The molecule has 0 saturated heterocycles. The highest BCUT2D eigenvalue weighted by molar-refractivity contribution is 7.90. The summed E-state index contributed by atoms with van der Waals surface area (Å²) in [7, 11) is -3.11. The lowest BCUT2D eigenvalue weighted by Gasteiger charge is -2.06. The molecular formula is C9H13ClN4O3S. The first-order valence-electron chi connectivity index (χ1n) is 4.92. The van der Waals surface area contributed by atoms with E-state index in [-0.39, 0.29) is 28.8 Å². The van der Waals surface area contributed by atoms with Gasteiger partial charge in [-0.1, -0.05) is 11.6 Å². The third kappa shape index (κ3) is 4.86. The predicted molar refractivity (Wildman–Crippen MR) is 69.1 cm³/mol. The van der Waals surface area contributed by atoms with Crippen LogP contribution in [0.2, 0.25) is 5.15 Å². The number of carbonyl (C=O) groups is 1. The van der Waals surface area contributed by atoms with Crippen LogP contribution in [0.4, 0.5) is 5.82 Å². The van der Waals surface area contributed by atoms with Gasteiger partial charge in [0.2, 0.25) is 0 Å². The van der Waals surface area contributed by atoms with Gasteiger partial charge in [0.25, 0.3) is 5.91 Å². The number of hydrogen-bond acceptors (Lipinski definition) is 6. The van der Waals surface area contributed by atoms with Crippen LogP contribution >= 0.6 is 11.6 Å². The largest absolute Gasteiger partial charge is 0.351 e. The average molecular weight is 293 g/mol. The zero-order valence-corrected chi connectivity index (χ0v) is 11.2. The van der Waals surface area contributed by atoms with Gasteiger partial charge in [0.1, 0.15) is 20.8 Å². The molecule has 0 aliphatic heterocycles. The van der Waals surface area contributed by atoms with E-state index in [0.717, 1.165) is 6.26 Å². The number of aromatic nitrogens is 1. The van der Waals surface area contributed by atoms with Gasteiger partial charge in [0.15, 0.2) is 0 Å². The number of nitrogens with one attached hydrogen (secondary N) is 2. The lowest BCUT2D eigenvalue weighted by Crippen LogP contribution is -2.29. The van der Waals surface area contributed by atoms with E-state index in [9.17, 15) is 13.2 Å². The second-order valence-electron chi connectivity index (χ2n) is 3.59. The van der Waals surface area contributed by atoms with E-state index in [2.05, 4.69) is 15.7 Å². The van der Waals surface area contributed by atoms with Gasteiger partial charge in [-0.25, -0.2) is 19.2 Å². The summed E-state index contributed by atoms with van der Waals surface area (Å²) < 4.78 is 21.8. The number of hydrogen-bond donors (Lipinski definition) is 3. The van der Waals surface area contributed by atoms with Gasteiger partial charge in [-0.15, -0.1) is 0 Å². The summed E-state index contributed by atoms with van der Waals surface area (Å²) in [5.41, 5.74) is 2.52. The lowest BCUT2D eigenvalue weighted by atomic mass is 10.2. The van der Waals surface area contributed by atoms with Gasteiger partial charge >= 0.3 is 0 Å². The predicted octanol–water partition coefficient (Wildman–Crippen LogP) is -0.205. The summed E-state index contributed by atoms with van der Waals surface area (Å²) in [5, 5.41) is 2.57. The molecule has 0 atom stereocenters. The molecule has 0 radical (unpaired) electrons. The summed E-state index contributed by atoms with van der Waals surface area (Å²) in [5.74, 6) is 4.84. The van der Waals surface area contributed by atoms with E-state index in [1.165, 1.54) is 12.1 Å². The topological polar surface area (TPSA) is 114 Å². The van der Waals surface area contributed by atoms with Gasteiger partial charge in [-0.3, -0.25) is 4.79 Å². The van der Waals surface area contributed by atoms with E-state index in [1.54, 1.807) is 0 Å².